The molecule has 1 fully saturated rings. The second-order valence-corrected chi connectivity index (χ2v) is 3.59. The van der Waals surface area contributed by atoms with Crippen LogP contribution in [0.1, 0.15) is 5.56 Å². The van der Waals surface area contributed by atoms with Crippen molar-refractivity contribution in [3.63, 3.8) is 0 Å². The maximum atomic E-state index is 11.5. The minimum Gasteiger partial charge on any atom is -0.506 e. The van der Waals surface area contributed by atoms with Crippen LogP contribution in [0.4, 0.5) is 5.69 Å². The van der Waals surface area contributed by atoms with Crippen molar-refractivity contribution in [3.05, 3.63) is 23.8 Å². The molecule has 0 aliphatic carbocycles. The fraction of sp³-hybridized carbons (Fsp3) is 0.364. The van der Waals surface area contributed by atoms with E-state index in [-0.39, 0.29) is 18.3 Å². The van der Waals surface area contributed by atoms with Gasteiger partial charge in [0.2, 0.25) is 0 Å². The average Bonchev–Trinajstić information content (AvgIpc) is 2.23. The molecule has 80 valence electrons. The van der Waals surface area contributed by atoms with E-state index in [1.165, 1.54) is 0 Å². The molecule has 0 saturated carbocycles. The topological polar surface area (TPSA) is 49.8 Å². The Kier molecular flexibility index (Phi) is 2.60. The largest absolute Gasteiger partial charge is 0.506 e. The molecule has 4 nitrogen and oxygen atoms in total. The van der Waals surface area contributed by atoms with E-state index >= 15 is 0 Å². The Hall–Kier alpha value is -1.55. The number of hydrogen-bond donors (Lipinski definition) is 1. The van der Waals surface area contributed by atoms with Gasteiger partial charge in [0.15, 0.2) is 0 Å². The highest BCUT2D eigenvalue weighted by atomic mass is 16.5. The van der Waals surface area contributed by atoms with Crippen LogP contribution in [-0.2, 0) is 9.53 Å². The molecule has 0 bridgehead atoms. The monoisotopic (exact) mass is 207 g/mol. The summed E-state index contributed by atoms with van der Waals surface area (Å²) < 4.78 is 5.03. The van der Waals surface area contributed by atoms with Crippen molar-refractivity contribution >= 4 is 11.6 Å². The van der Waals surface area contributed by atoms with E-state index in [1.807, 2.05) is 13.0 Å². The normalized spacial score (nSPS) is 16.9. The summed E-state index contributed by atoms with van der Waals surface area (Å²) in [7, 11) is 0. The van der Waals surface area contributed by atoms with Crippen LogP contribution >= 0.6 is 0 Å². The molecule has 1 amide bonds. The highest BCUT2D eigenvalue weighted by Crippen LogP contribution is 2.28. The molecule has 1 aromatic carbocycles. The number of ether oxygens (including phenoxy) is 1. The summed E-state index contributed by atoms with van der Waals surface area (Å²) in [5.41, 5.74) is 1.59. The number of nitrogens with zero attached hydrogens (tertiary/aromatic N) is 1. The number of benzene rings is 1. The predicted molar refractivity (Wildman–Crippen MR) is 56.0 cm³/mol. The van der Waals surface area contributed by atoms with Gasteiger partial charge in [-0.15, -0.1) is 0 Å². The van der Waals surface area contributed by atoms with Gasteiger partial charge in [-0.05, 0) is 24.6 Å². The predicted octanol–water partition coefficient (Wildman–Crippen LogP) is 1.06. The molecule has 1 heterocycles. The molecule has 0 unspecified atom stereocenters. The molecular formula is C11H13NO3. The first-order valence-corrected chi connectivity index (χ1v) is 4.86. The van der Waals surface area contributed by atoms with Crippen molar-refractivity contribution in [2.45, 2.75) is 6.92 Å². The number of aromatic hydroxyl groups is 1. The SMILES string of the molecule is Cc1ccc(O)c(N2CCOCC2=O)c1. The summed E-state index contributed by atoms with van der Waals surface area (Å²) in [5, 5.41) is 9.67. The number of carbonyl (C=O) groups excluding carboxylic acids is 1. The lowest BCUT2D eigenvalue weighted by Crippen LogP contribution is -2.41. The lowest BCUT2D eigenvalue weighted by Gasteiger charge is -2.27. The van der Waals surface area contributed by atoms with Crippen molar-refractivity contribution in [2.24, 2.45) is 0 Å². The number of aryl methyl sites for hydroxylation is 1. The first-order valence-electron chi connectivity index (χ1n) is 4.86. The van der Waals surface area contributed by atoms with E-state index in [1.54, 1.807) is 17.0 Å². The van der Waals surface area contributed by atoms with Gasteiger partial charge in [0.25, 0.3) is 5.91 Å². The van der Waals surface area contributed by atoms with Gasteiger partial charge in [-0.2, -0.15) is 0 Å². The molecule has 0 spiro atoms. The van der Waals surface area contributed by atoms with Crippen molar-refractivity contribution in [1.82, 2.24) is 0 Å². The highest BCUT2D eigenvalue weighted by molar-refractivity contribution is 5.96. The first-order chi connectivity index (χ1) is 7.18. The van der Waals surface area contributed by atoms with Gasteiger partial charge in [-0.25, -0.2) is 0 Å². The third-order valence-corrected chi connectivity index (χ3v) is 2.41. The number of phenolic OH excluding ortho intramolecular Hbond substituents is 1. The molecule has 1 N–H and O–H groups in total. The van der Waals surface area contributed by atoms with E-state index in [9.17, 15) is 9.90 Å². The minimum atomic E-state index is -0.109. The van der Waals surface area contributed by atoms with Gasteiger partial charge in [-0.1, -0.05) is 6.07 Å². The lowest BCUT2D eigenvalue weighted by atomic mass is 10.2. The molecule has 0 atom stereocenters. The van der Waals surface area contributed by atoms with Crippen LogP contribution in [0.3, 0.4) is 0 Å². The standard InChI is InChI=1S/C11H13NO3/c1-8-2-3-10(13)9(6-8)12-4-5-15-7-11(12)14/h2-3,6,13H,4-5,7H2,1H3. The third kappa shape index (κ3) is 1.94. The minimum absolute atomic E-state index is 0.0907. The van der Waals surface area contributed by atoms with Gasteiger partial charge in [0, 0.05) is 6.54 Å². The molecule has 1 aliphatic rings. The molecule has 4 heteroatoms. The summed E-state index contributed by atoms with van der Waals surface area (Å²) in [6.45, 7) is 3.02. The number of amides is 1. The molecule has 1 aliphatic heterocycles. The number of anilines is 1. The zero-order valence-electron chi connectivity index (χ0n) is 8.56. The Morgan fingerprint density at radius 2 is 2.27 bits per heavy atom. The summed E-state index contributed by atoms with van der Waals surface area (Å²) in [6.07, 6.45) is 0. The molecule has 1 aromatic rings. The summed E-state index contributed by atoms with van der Waals surface area (Å²) in [6, 6.07) is 5.22. The van der Waals surface area contributed by atoms with Gasteiger partial charge in [0.05, 0.1) is 12.3 Å². The van der Waals surface area contributed by atoms with E-state index in [2.05, 4.69) is 0 Å². The van der Waals surface area contributed by atoms with Crippen LogP contribution in [0.5, 0.6) is 5.75 Å². The smallest absolute Gasteiger partial charge is 0.253 e. The van der Waals surface area contributed by atoms with Crippen molar-refractivity contribution < 1.29 is 14.6 Å². The number of carbonyl (C=O) groups is 1. The fourth-order valence-corrected chi connectivity index (χ4v) is 1.62. The van der Waals surface area contributed by atoms with Crippen LogP contribution in [0, 0.1) is 6.92 Å². The lowest BCUT2D eigenvalue weighted by molar-refractivity contribution is -0.125. The first kappa shape index (κ1) is 9.98. The molecule has 0 aromatic heterocycles. The Balaban J connectivity index is 2.34. The maximum Gasteiger partial charge on any atom is 0.253 e. The third-order valence-electron chi connectivity index (χ3n) is 2.41. The van der Waals surface area contributed by atoms with Crippen molar-refractivity contribution in [2.75, 3.05) is 24.7 Å². The van der Waals surface area contributed by atoms with Gasteiger partial charge in [0.1, 0.15) is 12.4 Å². The molecule has 15 heavy (non-hydrogen) atoms. The average molecular weight is 207 g/mol. The van der Waals surface area contributed by atoms with Crippen LogP contribution in [0.25, 0.3) is 0 Å². The number of morpholine rings is 1. The fourth-order valence-electron chi connectivity index (χ4n) is 1.62. The molecule has 0 radical (unpaired) electrons. The highest BCUT2D eigenvalue weighted by Gasteiger charge is 2.22. The van der Waals surface area contributed by atoms with E-state index in [0.717, 1.165) is 5.56 Å². The van der Waals surface area contributed by atoms with E-state index in [0.29, 0.717) is 18.8 Å². The van der Waals surface area contributed by atoms with Crippen LogP contribution < -0.4 is 4.90 Å². The van der Waals surface area contributed by atoms with Crippen LogP contribution in [0.2, 0.25) is 0 Å². The van der Waals surface area contributed by atoms with Crippen molar-refractivity contribution in [1.29, 1.82) is 0 Å². The molecular weight excluding hydrogens is 194 g/mol. The van der Waals surface area contributed by atoms with Crippen molar-refractivity contribution in [3.8, 4) is 5.75 Å². The Morgan fingerprint density at radius 1 is 1.47 bits per heavy atom. The Bertz CT molecular complexity index is 389. The number of hydrogen-bond acceptors (Lipinski definition) is 3. The molecule has 1 saturated heterocycles. The number of rotatable bonds is 1. The summed E-state index contributed by atoms with van der Waals surface area (Å²) in [4.78, 5) is 13.1. The van der Waals surface area contributed by atoms with E-state index < -0.39 is 0 Å². The van der Waals surface area contributed by atoms with Crippen LogP contribution in [-0.4, -0.2) is 30.8 Å². The van der Waals surface area contributed by atoms with Gasteiger partial charge in [-0.3, -0.25) is 4.79 Å². The second kappa shape index (κ2) is 3.90. The maximum absolute atomic E-state index is 11.5. The van der Waals surface area contributed by atoms with E-state index in [4.69, 9.17) is 4.74 Å². The van der Waals surface area contributed by atoms with Crippen LogP contribution in [0.15, 0.2) is 18.2 Å². The van der Waals surface area contributed by atoms with Gasteiger partial charge >= 0.3 is 0 Å². The summed E-state index contributed by atoms with van der Waals surface area (Å²) in [5.74, 6) is 0.0259. The quantitative estimate of drug-likeness (QED) is 0.749. The Labute approximate surface area is 88.1 Å². The zero-order valence-corrected chi connectivity index (χ0v) is 8.56. The number of phenols is 1. The second-order valence-electron chi connectivity index (χ2n) is 3.59. The molecule has 2 rings (SSSR count). The summed E-state index contributed by atoms with van der Waals surface area (Å²) >= 11 is 0. The van der Waals surface area contributed by atoms with Gasteiger partial charge < -0.3 is 14.7 Å². The zero-order chi connectivity index (χ0) is 10.8. The Morgan fingerprint density at radius 3 is 3.00 bits per heavy atom.